The molecule has 0 atom stereocenters. The van der Waals surface area contributed by atoms with Gasteiger partial charge in [0.25, 0.3) is 0 Å². The summed E-state index contributed by atoms with van der Waals surface area (Å²) in [7, 11) is 0. The van der Waals surface area contributed by atoms with Crippen LogP contribution in [0.2, 0.25) is 0 Å². The van der Waals surface area contributed by atoms with Gasteiger partial charge in [0.1, 0.15) is 0 Å². The molecule has 0 unspecified atom stereocenters. The van der Waals surface area contributed by atoms with Gasteiger partial charge in [0.2, 0.25) is 0 Å². The second-order valence-corrected chi connectivity index (χ2v) is 3.33. The minimum atomic E-state index is 0.825. The minimum absolute atomic E-state index is 0.825. The van der Waals surface area contributed by atoms with Crippen molar-refractivity contribution in [2.45, 2.75) is 66.7 Å². The molecule has 90 valence electrons. The Kier molecular flexibility index (Phi) is 15.2. The molecule has 0 heterocycles. The first-order valence-electron chi connectivity index (χ1n) is 6.67. The van der Waals surface area contributed by atoms with E-state index in [0.29, 0.717) is 0 Å². The fourth-order valence-electron chi connectivity index (χ4n) is 1.96. The van der Waals surface area contributed by atoms with Gasteiger partial charge >= 0.3 is 0 Å². The summed E-state index contributed by atoms with van der Waals surface area (Å²) in [6.45, 7) is 14.0. The van der Waals surface area contributed by atoms with E-state index in [1.165, 1.54) is 37.7 Å². The molecule has 0 aromatic carbocycles. The zero-order valence-corrected chi connectivity index (χ0v) is 11.5. The molecule has 0 radical (unpaired) electrons. The van der Waals surface area contributed by atoms with Gasteiger partial charge in [-0.15, -0.1) is 0 Å². The lowest BCUT2D eigenvalue weighted by atomic mass is 9.84. The van der Waals surface area contributed by atoms with E-state index >= 15 is 0 Å². The Balaban J connectivity index is 0. The van der Waals surface area contributed by atoms with Crippen molar-refractivity contribution in [1.29, 1.82) is 0 Å². The van der Waals surface area contributed by atoms with Gasteiger partial charge in [-0.1, -0.05) is 65.7 Å². The molecule has 0 aromatic rings. The summed E-state index contributed by atoms with van der Waals surface area (Å²) in [6.07, 6.45) is 11.3. The van der Waals surface area contributed by atoms with Crippen LogP contribution in [0.3, 0.4) is 0 Å². The summed E-state index contributed by atoms with van der Waals surface area (Å²) in [5, 5.41) is 0. The average molecular weight is 210 g/mol. The van der Waals surface area contributed by atoms with Crippen molar-refractivity contribution in [3.8, 4) is 0 Å². The van der Waals surface area contributed by atoms with Crippen molar-refractivity contribution in [3.63, 3.8) is 0 Å². The highest BCUT2D eigenvalue weighted by Crippen LogP contribution is 2.29. The largest absolute Gasteiger partial charge is 0.0988 e. The third kappa shape index (κ3) is 7.41. The lowest BCUT2D eigenvalue weighted by Gasteiger charge is -2.22. The van der Waals surface area contributed by atoms with Crippen LogP contribution in [0.25, 0.3) is 0 Å². The molecule has 0 saturated heterocycles. The maximum atomic E-state index is 3.84. The molecule has 0 spiro atoms. The fourth-order valence-corrected chi connectivity index (χ4v) is 1.96. The summed E-state index contributed by atoms with van der Waals surface area (Å²) in [5.74, 6) is 0.825. The van der Waals surface area contributed by atoms with Gasteiger partial charge in [0, 0.05) is 0 Å². The molecular weight excluding hydrogens is 180 g/mol. The quantitative estimate of drug-likeness (QED) is 0.509. The number of hydrogen-bond acceptors (Lipinski definition) is 0. The van der Waals surface area contributed by atoms with Crippen LogP contribution < -0.4 is 0 Å². The monoisotopic (exact) mass is 210 g/mol. The molecule has 1 aliphatic rings. The molecule has 0 bridgehead atoms. The van der Waals surface area contributed by atoms with Crippen LogP contribution in [0, 0.1) is 5.92 Å². The Hall–Kier alpha value is -0.520. The van der Waals surface area contributed by atoms with E-state index in [-0.39, 0.29) is 0 Å². The van der Waals surface area contributed by atoms with Crippen molar-refractivity contribution in [2.24, 2.45) is 5.92 Å². The van der Waals surface area contributed by atoms with Gasteiger partial charge in [-0.3, -0.25) is 0 Å². The van der Waals surface area contributed by atoms with Crippen LogP contribution in [-0.4, -0.2) is 0 Å². The van der Waals surface area contributed by atoms with Crippen LogP contribution in [0.4, 0.5) is 0 Å². The average Bonchev–Trinajstić information content (AvgIpc) is 2.37. The zero-order chi connectivity index (χ0) is 12.1. The Morgan fingerprint density at radius 3 is 1.80 bits per heavy atom. The van der Waals surface area contributed by atoms with Crippen LogP contribution in [0.5, 0.6) is 0 Å². The van der Waals surface area contributed by atoms with Crippen molar-refractivity contribution in [2.75, 3.05) is 0 Å². The van der Waals surface area contributed by atoms with E-state index in [4.69, 9.17) is 0 Å². The Morgan fingerprint density at radius 2 is 1.47 bits per heavy atom. The first kappa shape index (κ1) is 16.9. The number of allylic oxidation sites excluding steroid dienone is 3. The predicted octanol–water partition coefficient (Wildman–Crippen LogP) is 5.75. The van der Waals surface area contributed by atoms with Gasteiger partial charge in [0.15, 0.2) is 0 Å². The summed E-state index contributed by atoms with van der Waals surface area (Å²) in [6, 6.07) is 0. The van der Waals surface area contributed by atoms with E-state index in [2.05, 4.69) is 19.6 Å². The molecule has 1 rings (SSSR count). The van der Waals surface area contributed by atoms with Crippen molar-refractivity contribution >= 4 is 0 Å². The van der Waals surface area contributed by atoms with E-state index < -0.39 is 0 Å². The Morgan fingerprint density at radius 1 is 1.00 bits per heavy atom. The molecule has 15 heavy (non-hydrogen) atoms. The van der Waals surface area contributed by atoms with Crippen LogP contribution in [0.1, 0.15) is 66.7 Å². The van der Waals surface area contributed by atoms with Gasteiger partial charge in [-0.2, -0.15) is 0 Å². The van der Waals surface area contributed by atoms with Crippen LogP contribution in [-0.2, 0) is 0 Å². The van der Waals surface area contributed by atoms with Gasteiger partial charge in [0.05, 0.1) is 0 Å². The lowest BCUT2D eigenvalue weighted by molar-refractivity contribution is 0.408. The summed E-state index contributed by atoms with van der Waals surface area (Å²) < 4.78 is 0. The second kappa shape index (κ2) is 13.5. The fraction of sp³-hybridized carbons (Fsp3) is 0.733. The standard InChI is InChI=1S/C11H18.2C2H6/c1-3-10(4-2)11-8-6-5-7-9-11;2*1-2/h3-4,11H,1,5-9H2,2H3;2*1-2H3/b10-4+;;. The smallest absolute Gasteiger partial charge is 0.0165 e. The van der Waals surface area contributed by atoms with Gasteiger partial charge in [-0.25, -0.2) is 0 Å². The normalized spacial score (nSPS) is 16.7. The molecular formula is C15H30. The first-order chi connectivity index (χ1) is 7.38. The highest BCUT2D eigenvalue weighted by atomic mass is 14.2. The Bertz CT molecular complexity index is 147. The molecule has 1 aliphatic carbocycles. The maximum Gasteiger partial charge on any atom is -0.0165 e. The molecule has 0 amide bonds. The molecule has 0 nitrogen and oxygen atoms in total. The molecule has 0 aromatic heterocycles. The second-order valence-electron chi connectivity index (χ2n) is 3.33. The van der Waals surface area contributed by atoms with Crippen molar-refractivity contribution in [1.82, 2.24) is 0 Å². The van der Waals surface area contributed by atoms with Crippen molar-refractivity contribution < 1.29 is 0 Å². The van der Waals surface area contributed by atoms with Gasteiger partial charge < -0.3 is 0 Å². The van der Waals surface area contributed by atoms with E-state index in [1.54, 1.807) is 0 Å². The SMILES string of the molecule is C=C/C(=C\C)C1CCCCC1.CC.CC. The highest BCUT2D eigenvalue weighted by molar-refractivity contribution is 5.18. The predicted molar refractivity (Wildman–Crippen MR) is 73.2 cm³/mol. The number of hydrogen-bond donors (Lipinski definition) is 0. The summed E-state index contributed by atoms with van der Waals surface area (Å²) in [5.41, 5.74) is 1.46. The van der Waals surface area contributed by atoms with Crippen LogP contribution >= 0.6 is 0 Å². The molecule has 1 fully saturated rings. The molecule has 1 saturated carbocycles. The highest BCUT2D eigenvalue weighted by Gasteiger charge is 2.14. The third-order valence-electron chi connectivity index (χ3n) is 2.65. The Labute approximate surface area is 97.5 Å². The molecule has 0 heteroatoms. The first-order valence-corrected chi connectivity index (χ1v) is 6.67. The van der Waals surface area contributed by atoms with Gasteiger partial charge in [-0.05, 0) is 31.3 Å². The summed E-state index contributed by atoms with van der Waals surface area (Å²) in [4.78, 5) is 0. The maximum absolute atomic E-state index is 3.84. The van der Waals surface area contributed by atoms with E-state index in [1.807, 2.05) is 33.8 Å². The zero-order valence-electron chi connectivity index (χ0n) is 11.5. The minimum Gasteiger partial charge on any atom is -0.0988 e. The molecule has 0 aliphatic heterocycles. The third-order valence-corrected chi connectivity index (χ3v) is 2.65. The molecule has 0 N–H and O–H groups in total. The van der Waals surface area contributed by atoms with E-state index in [9.17, 15) is 0 Å². The lowest BCUT2D eigenvalue weighted by Crippen LogP contribution is -2.07. The topological polar surface area (TPSA) is 0 Å². The number of rotatable bonds is 2. The van der Waals surface area contributed by atoms with Crippen LogP contribution in [0.15, 0.2) is 24.3 Å². The van der Waals surface area contributed by atoms with Crippen molar-refractivity contribution in [3.05, 3.63) is 24.3 Å². The summed E-state index contributed by atoms with van der Waals surface area (Å²) >= 11 is 0. The van der Waals surface area contributed by atoms with E-state index in [0.717, 1.165) is 5.92 Å².